The maximum absolute atomic E-state index is 12.4. The van der Waals surface area contributed by atoms with Crippen LogP contribution in [0, 0.1) is 6.92 Å². The van der Waals surface area contributed by atoms with Gasteiger partial charge in [-0.05, 0) is 35.0 Å². The van der Waals surface area contributed by atoms with Gasteiger partial charge in [-0.15, -0.1) is 11.3 Å². The molecule has 0 amide bonds. The van der Waals surface area contributed by atoms with E-state index in [4.69, 9.17) is 11.6 Å². The molecule has 0 atom stereocenters. The third kappa shape index (κ3) is 4.04. The molecule has 0 aliphatic heterocycles. The molecule has 0 bridgehead atoms. The zero-order chi connectivity index (χ0) is 14.7. The van der Waals surface area contributed by atoms with E-state index in [0.29, 0.717) is 21.7 Å². The molecule has 0 radical (unpaired) electrons. The fourth-order valence-electron chi connectivity index (χ4n) is 1.57. The zero-order valence-corrected chi connectivity index (χ0v) is 13.5. The minimum Gasteiger partial charge on any atom is -0.431 e. The first-order chi connectivity index (χ1) is 9.45. The molecule has 3 nitrogen and oxygen atoms in total. The second-order valence-corrected chi connectivity index (χ2v) is 6.45. The highest BCUT2D eigenvalue weighted by Gasteiger charge is 2.15. The van der Waals surface area contributed by atoms with Crippen molar-refractivity contribution in [3.05, 3.63) is 37.7 Å². The molecule has 0 unspecified atom stereocenters. The maximum atomic E-state index is 12.4. The van der Waals surface area contributed by atoms with Crippen molar-refractivity contribution >= 4 is 44.6 Å². The van der Waals surface area contributed by atoms with E-state index in [1.54, 1.807) is 6.20 Å². The average Bonchev–Trinajstić information content (AvgIpc) is 2.76. The number of aryl methyl sites for hydroxylation is 1. The van der Waals surface area contributed by atoms with Gasteiger partial charge >= 0.3 is 6.61 Å². The molecule has 1 aromatic heterocycles. The zero-order valence-electron chi connectivity index (χ0n) is 10.3. The van der Waals surface area contributed by atoms with Crippen molar-refractivity contribution in [1.82, 2.24) is 4.98 Å². The van der Waals surface area contributed by atoms with Crippen LogP contribution in [0.1, 0.15) is 9.88 Å². The summed E-state index contributed by atoms with van der Waals surface area (Å²) < 4.78 is 29.8. The van der Waals surface area contributed by atoms with Gasteiger partial charge in [0, 0.05) is 16.1 Å². The summed E-state index contributed by atoms with van der Waals surface area (Å²) in [5.41, 5.74) is 0.399. The number of nitrogens with one attached hydrogen (secondary N) is 1. The standard InChI is InChI=1S/C12H10BrClF2N2OS/c1-6-17-4-8(20-6)5-18-10-3-7(14)2-9(13)11(10)19-12(15)16/h2-4,12,18H,5H2,1H3. The van der Waals surface area contributed by atoms with Gasteiger partial charge < -0.3 is 10.1 Å². The van der Waals surface area contributed by atoms with Crippen LogP contribution < -0.4 is 10.1 Å². The smallest absolute Gasteiger partial charge is 0.387 e. The van der Waals surface area contributed by atoms with E-state index in [2.05, 4.69) is 31.0 Å². The lowest BCUT2D eigenvalue weighted by Gasteiger charge is -2.14. The largest absolute Gasteiger partial charge is 0.431 e. The Labute approximate surface area is 132 Å². The number of nitrogens with zero attached hydrogens (tertiary/aromatic N) is 1. The molecule has 108 valence electrons. The van der Waals surface area contributed by atoms with E-state index in [1.165, 1.54) is 23.5 Å². The van der Waals surface area contributed by atoms with Crippen LogP contribution in [-0.2, 0) is 6.54 Å². The number of thiazole rings is 1. The summed E-state index contributed by atoms with van der Waals surface area (Å²) in [6, 6.07) is 3.04. The van der Waals surface area contributed by atoms with Crippen LogP contribution in [0.3, 0.4) is 0 Å². The summed E-state index contributed by atoms with van der Waals surface area (Å²) in [4.78, 5) is 5.11. The Morgan fingerprint density at radius 3 is 2.85 bits per heavy atom. The van der Waals surface area contributed by atoms with E-state index in [-0.39, 0.29) is 5.75 Å². The van der Waals surface area contributed by atoms with Crippen molar-refractivity contribution in [1.29, 1.82) is 0 Å². The molecular formula is C12H10BrClF2N2OS. The van der Waals surface area contributed by atoms with Gasteiger partial charge in [0.05, 0.1) is 21.7 Å². The first kappa shape index (κ1) is 15.5. The van der Waals surface area contributed by atoms with Gasteiger partial charge in [0.2, 0.25) is 0 Å². The first-order valence-electron chi connectivity index (χ1n) is 5.54. The van der Waals surface area contributed by atoms with Gasteiger partial charge in [0.15, 0.2) is 5.75 Å². The van der Waals surface area contributed by atoms with Crippen LogP contribution in [-0.4, -0.2) is 11.6 Å². The highest BCUT2D eigenvalue weighted by Crippen LogP contribution is 2.37. The van der Waals surface area contributed by atoms with Gasteiger partial charge in [-0.2, -0.15) is 8.78 Å². The number of hydrogen-bond donors (Lipinski definition) is 1. The molecule has 20 heavy (non-hydrogen) atoms. The number of rotatable bonds is 5. The first-order valence-corrected chi connectivity index (χ1v) is 7.53. The fourth-order valence-corrected chi connectivity index (χ4v) is 3.21. The Morgan fingerprint density at radius 2 is 2.25 bits per heavy atom. The Kier molecular flexibility index (Phi) is 5.17. The van der Waals surface area contributed by atoms with Gasteiger partial charge in [0.1, 0.15) is 0 Å². The van der Waals surface area contributed by atoms with Crippen molar-refractivity contribution in [2.75, 3.05) is 5.32 Å². The normalized spacial score (nSPS) is 10.9. The minimum absolute atomic E-state index is 0.0330. The molecule has 1 N–H and O–H groups in total. The van der Waals surface area contributed by atoms with Crippen LogP contribution >= 0.6 is 38.9 Å². The summed E-state index contributed by atoms with van der Waals surface area (Å²) in [6.07, 6.45) is 1.74. The second kappa shape index (κ2) is 6.69. The van der Waals surface area contributed by atoms with Crippen molar-refractivity contribution in [3.63, 3.8) is 0 Å². The third-order valence-electron chi connectivity index (χ3n) is 2.34. The molecular weight excluding hydrogens is 374 g/mol. The molecule has 8 heteroatoms. The number of halogens is 4. The summed E-state index contributed by atoms with van der Waals surface area (Å²) >= 11 is 10.6. The highest BCUT2D eigenvalue weighted by molar-refractivity contribution is 9.10. The number of aromatic nitrogens is 1. The molecule has 0 saturated heterocycles. The second-order valence-electron chi connectivity index (χ2n) is 3.84. The molecule has 2 aromatic rings. The minimum atomic E-state index is -2.90. The van der Waals surface area contributed by atoms with Gasteiger partial charge in [-0.3, -0.25) is 0 Å². The number of alkyl halides is 2. The SMILES string of the molecule is Cc1ncc(CNc2cc(Cl)cc(Br)c2OC(F)F)s1. The summed E-state index contributed by atoms with van der Waals surface area (Å²) in [7, 11) is 0. The van der Waals surface area contributed by atoms with Crippen LogP contribution in [0.25, 0.3) is 0 Å². The Bertz CT molecular complexity index is 609. The van der Waals surface area contributed by atoms with E-state index in [9.17, 15) is 8.78 Å². The summed E-state index contributed by atoms with van der Waals surface area (Å²) in [6.45, 7) is -0.549. The van der Waals surface area contributed by atoms with E-state index in [1.807, 2.05) is 6.92 Å². The van der Waals surface area contributed by atoms with Crippen molar-refractivity contribution in [2.24, 2.45) is 0 Å². The molecule has 0 spiro atoms. The molecule has 0 fully saturated rings. The molecule has 2 rings (SSSR count). The van der Waals surface area contributed by atoms with E-state index >= 15 is 0 Å². The van der Waals surface area contributed by atoms with Crippen molar-refractivity contribution < 1.29 is 13.5 Å². The van der Waals surface area contributed by atoms with E-state index < -0.39 is 6.61 Å². The van der Waals surface area contributed by atoms with E-state index in [0.717, 1.165) is 9.88 Å². The van der Waals surface area contributed by atoms with Crippen LogP contribution in [0.5, 0.6) is 5.75 Å². The lowest BCUT2D eigenvalue weighted by atomic mass is 10.3. The molecule has 0 aliphatic rings. The van der Waals surface area contributed by atoms with Crippen LogP contribution in [0.15, 0.2) is 22.8 Å². The fraction of sp³-hybridized carbons (Fsp3) is 0.250. The number of anilines is 1. The summed E-state index contributed by atoms with van der Waals surface area (Å²) in [5.74, 6) is 0.0330. The van der Waals surface area contributed by atoms with Crippen LogP contribution in [0.2, 0.25) is 5.02 Å². The average molecular weight is 384 g/mol. The lowest BCUT2D eigenvalue weighted by molar-refractivity contribution is -0.0498. The van der Waals surface area contributed by atoms with Gasteiger partial charge in [-0.25, -0.2) is 4.98 Å². The summed E-state index contributed by atoms with van der Waals surface area (Å²) in [5, 5.41) is 4.39. The Balaban J connectivity index is 2.20. The maximum Gasteiger partial charge on any atom is 0.387 e. The molecule has 1 aromatic carbocycles. The number of ether oxygens (including phenoxy) is 1. The molecule has 0 aliphatic carbocycles. The highest BCUT2D eigenvalue weighted by atomic mass is 79.9. The Morgan fingerprint density at radius 1 is 1.50 bits per heavy atom. The van der Waals surface area contributed by atoms with Crippen molar-refractivity contribution in [2.45, 2.75) is 20.1 Å². The van der Waals surface area contributed by atoms with Gasteiger partial charge in [0.25, 0.3) is 0 Å². The predicted molar refractivity (Wildman–Crippen MR) is 80.0 cm³/mol. The molecule has 1 heterocycles. The quantitative estimate of drug-likeness (QED) is 0.782. The molecule has 0 saturated carbocycles. The lowest BCUT2D eigenvalue weighted by Crippen LogP contribution is -2.07. The topological polar surface area (TPSA) is 34.2 Å². The monoisotopic (exact) mass is 382 g/mol. The number of benzene rings is 1. The Hall–Kier alpha value is -0.920. The number of hydrogen-bond acceptors (Lipinski definition) is 4. The third-order valence-corrected chi connectivity index (χ3v) is 4.06. The van der Waals surface area contributed by atoms with Crippen LogP contribution in [0.4, 0.5) is 14.5 Å². The van der Waals surface area contributed by atoms with Gasteiger partial charge in [-0.1, -0.05) is 11.6 Å². The van der Waals surface area contributed by atoms with Crippen molar-refractivity contribution in [3.8, 4) is 5.75 Å². The predicted octanol–water partition coefficient (Wildman–Crippen LogP) is 5.08.